The van der Waals surface area contributed by atoms with E-state index in [1.807, 2.05) is 0 Å². The number of Topliss-reactive ketones (excluding diaryl/α,β-unsaturated/α-hetero) is 1. The van der Waals surface area contributed by atoms with Gasteiger partial charge in [0.2, 0.25) is 0 Å². The Balaban J connectivity index is 2.00. The third-order valence-corrected chi connectivity index (χ3v) is 4.94. The predicted molar refractivity (Wildman–Crippen MR) is 85.3 cm³/mol. The lowest BCUT2D eigenvalue weighted by Crippen LogP contribution is -2.47. The normalized spacial score (nSPS) is 18.4. The molecular formula is C18H17F3N2O2. The summed E-state index contributed by atoms with van der Waals surface area (Å²) in [4.78, 5) is 12.0. The van der Waals surface area contributed by atoms with Crippen molar-refractivity contribution >= 4 is 5.78 Å². The zero-order valence-electron chi connectivity index (χ0n) is 13.6. The van der Waals surface area contributed by atoms with Gasteiger partial charge in [-0.05, 0) is 43.8 Å². The van der Waals surface area contributed by atoms with Crippen LogP contribution in [-0.4, -0.2) is 29.6 Å². The molecule has 2 aliphatic rings. The van der Waals surface area contributed by atoms with Gasteiger partial charge in [-0.3, -0.25) is 4.79 Å². The molecule has 132 valence electrons. The van der Waals surface area contributed by atoms with Crippen LogP contribution in [0.1, 0.15) is 34.6 Å². The fourth-order valence-corrected chi connectivity index (χ4v) is 3.92. The van der Waals surface area contributed by atoms with Gasteiger partial charge in [-0.2, -0.15) is 13.2 Å². The molecule has 0 bridgehead atoms. The van der Waals surface area contributed by atoms with Crippen molar-refractivity contribution in [3.8, 4) is 11.4 Å². The third kappa shape index (κ3) is 2.37. The molecule has 1 saturated heterocycles. The highest BCUT2D eigenvalue weighted by atomic mass is 19.4. The molecule has 0 amide bonds. The van der Waals surface area contributed by atoms with Crippen LogP contribution in [0.5, 0.6) is 5.75 Å². The molecule has 1 N–H and O–H groups in total. The topological polar surface area (TPSA) is 43.3 Å². The average molecular weight is 350 g/mol. The van der Waals surface area contributed by atoms with Crippen molar-refractivity contribution < 1.29 is 22.7 Å². The van der Waals surface area contributed by atoms with Crippen LogP contribution in [0.2, 0.25) is 0 Å². The number of aryl methyl sites for hydroxylation is 1. The summed E-state index contributed by atoms with van der Waals surface area (Å²) in [6.45, 7) is 3.14. The number of hydrogen-bond acceptors (Lipinski definition) is 3. The minimum atomic E-state index is -4.92. The van der Waals surface area contributed by atoms with Gasteiger partial charge in [-0.15, -0.1) is 0 Å². The first-order chi connectivity index (χ1) is 11.8. The standard InChI is InChI=1S/C18H17F3N2O2/c1-11-10-13(16(24)18(19,20)21)23-12-4-2-3-5-14(12)25-17(15(11)23)6-8-22-9-7-17/h2-5,10,22H,6-9H2,1H3. The minimum absolute atomic E-state index is 0.353. The first kappa shape index (κ1) is 16.2. The summed E-state index contributed by atoms with van der Waals surface area (Å²) in [5.41, 5.74) is 0.702. The SMILES string of the molecule is Cc1cc(C(=O)C(F)(F)F)n2c1C1(CCNCC1)Oc1ccccc1-2. The van der Waals surface area contributed by atoms with Gasteiger partial charge in [-0.1, -0.05) is 12.1 Å². The quantitative estimate of drug-likeness (QED) is 0.801. The van der Waals surface area contributed by atoms with Crippen LogP contribution in [0.4, 0.5) is 13.2 Å². The largest absolute Gasteiger partial charge is 0.479 e. The summed E-state index contributed by atoms with van der Waals surface area (Å²) in [6.07, 6.45) is -3.66. The number of rotatable bonds is 1. The summed E-state index contributed by atoms with van der Waals surface area (Å²) in [7, 11) is 0. The molecular weight excluding hydrogens is 333 g/mol. The van der Waals surface area contributed by atoms with E-state index in [2.05, 4.69) is 5.32 Å². The zero-order valence-corrected chi connectivity index (χ0v) is 13.6. The maximum atomic E-state index is 13.1. The van der Waals surface area contributed by atoms with Crippen molar-refractivity contribution in [3.63, 3.8) is 0 Å². The number of alkyl halides is 3. The highest BCUT2D eigenvalue weighted by Gasteiger charge is 2.48. The molecule has 0 aliphatic carbocycles. The fraction of sp³-hybridized carbons (Fsp3) is 0.389. The number of halogens is 3. The molecule has 4 nitrogen and oxygen atoms in total. The number of piperidine rings is 1. The molecule has 0 atom stereocenters. The molecule has 1 aromatic heterocycles. The number of nitrogens with one attached hydrogen (secondary N) is 1. The van der Waals surface area contributed by atoms with E-state index in [1.54, 1.807) is 31.2 Å². The molecule has 25 heavy (non-hydrogen) atoms. The van der Waals surface area contributed by atoms with E-state index in [9.17, 15) is 18.0 Å². The summed E-state index contributed by atoms with van der Waals surface area (Å²) >= 11 is 0. The van der Waals surface area contributed by atoms with E-state index in [4.69, 9.17) is 4.74 Å². The van der Waals surface area contributed by atoms with Crippen LogP contribution in [0, 0.1) is 6.92 Å². The second-order valence-corrected chi connectivity index (χ2v) is 6.54. The highest BCUT2D eigenvalue weighted by molar-refractivity contribution is 6.00. The number of benzene rings is 1. The van der Waals surface area contributed by atoms with Crippen molar-refractivity contribution in [1.29, 1.82) is 0 Å². The van der Waals surface area contributed by atoms with Gasteiger partial charge in [0.15, 0.2) is 5.60 Å². The van der Waals surface area contributed by atoms with Crippen molar-refractivity contribution in [3.05, 3.63) is 47.3 Å². The maximum absolute atomic E-state index is 13.1. The Kier molecular flexibility index (Phi) is 3.47. The molecule has 4 rings (SSSR count). The number of aromatic nitrogens is 1. The first-order valence-corrected chi connectivity index (χ1v) is 8.17. The smallest absolute Gasteiger partial charge is 0.456 e. The number of carbonyl (C=O) groups is 1. The van der Waals surface area contributed by atoms with E-state index in [-0.39, 0.29) is 5.69 Å². The number of para-hydroxylation sites is 2. The van der Waals surface area contributed by atoms with E-state index in [0.717, 1.165) is 0 Å². The van der Waals surface area contributed by atoms with Gasteiger partial charge in [-0.25, -0.2) is 0 Å². The van der Waals surface area contributed by atoms with Crippen molar-refractivity contribution in [2.24, 2.45) is 0 Å². The van der Waals surface area contributed by atoms with Crippen molar-refractivity contribution in [2.45, 2.75) is 31.5 Å². The lowest BCUT2D eigenvalue weighted by Gasteiger charge is -2.43. The molecule has 0 unspecified atom stereocenters. The van der Waals surface area contributed by atoms with Crippen LogP contribution >= 0.6 is 0 Å². The molecule has 0 saturated carbocycles. The Morgan fingerprint density at radius 2 is 1.92 bits per heavy atom. The van der Waals surface area contributed by atoms with Crippen LogP contribution in [0.25, 0.3) is 5.69 Å². The maximum Gasteiger partial charge on any atom is 0.456 e. The zero-order chi connectivity index (χ0) is 17.8. The second-order valence-electron chi connectivity index (χ2n) is 6.54. The molecule has 2 aromatic rings. The predicted octanol–water partition coefficient (Wildman–Crippen LogP) is 3.50. The fourth-order valence-electron chi connectivity index (χ4n) is 3.92. The van der Waals surface area contributed by atoms with Gasteiger partial charge in [0.25, 0.3) is 5.78 Å². The lowest BCUT2D eigenvalue weighted by atomic mass is 9.85. The van der Waals surface area contributed by atoms with E-state index in [1.165, 1.54) is 10.6 Å². The van der Waals surface area contributed by atoms with E-state index >= 15 is 0 Å². The molecule has 7 heteroatoms. The summed E-state index contributed by atoms with van der Waals surface area (Å²) < 4.78 is 47.1. The number of fused-ring (bicyclic) bond motifs is 4. The van der Waals surface area contributed by atoms with Gasteiger partial charge in [0.05, 0.1) is 17.1 Å². The molecule has 1 fully saturated rings. The Morgan fingerprint density at radius 1 is 1.24 bits per heavy atom. The number of nitrogens with zero attached hydrogens (tertiary/aromatic N) is 1. The molecule has 3 heterocycles. The summed E-state index contributed by atoms with van der Waals surface area (Å²) in [5, 5.41) is 3.25. The Morgan fingerprint density at radius 3 is 2.60 bits per heavy atom. The summed E-state index contributed by atoms with van der Waals surface area (Å²) in [6, 6.07) is 8.25. The van der Waals surface area contributed by atoms with Crippen LogP contribution < -0.4 is 10.1 Å². The molecule has 1 spiro atoms. The Labute approximate surface area is 142 Å². The Hall–Kier alpha value is -2.28. The molecule has 2 aliphatic heterocycles. The second kappa shape index (κ2) is 5.36. The monoisotopic (exact) mass is 350 g/mol. The van der Waals surface area contributed by atoms with E-state index < -0.39 is 17.6 Å². The third-order valence-electron chi connectivity index (χ3n) is 4.94. The number of ketones is 1. The Bertz CT molecular complexity index is 848. The minimum Gasteiger partial charge on any atom is -0.479 e. The van der Waals surface area contributed by atoms with Crippen LogP contribution in [-0.2, 0) is 5.60 Å². The molecule has 1 aromatic carbocycles. The lowest BCUT2D eigenvalue weighted by molar-refractivity contribution is -0.0890. The number of ether oxygens (including phenoxy) is 1. The van der Waals surface area contributed by atoms with Gasteiger partial charge < -0.3 is 14.6 Å². The summed E-state index contributed by atoms with van der Waals surface area (Å²) in [5.74, 6) is -1.33. The first-order valence-electron chi connectivity index (χ1n) is 8.17. The van der Waals surface area contributed by atoms with Gasteiger partial charge in [0.1, 0.15) is 5.75 Å². The van der Waals surface area contributed by atoms with Crippen LogP contribution in [0.3, 0.4) is 0 Å². The van der Waals surface area contributed by atoms with Crippen LogP contribution in [0.15, 0.2) is 30.3 Å². The highest BCUT2D eigenvalue weighted by Crippen LogP contribution is 2.47. The van der Waals surface area contributed by atoms with Gasteiger partial charge in [0, 0.05) is 12.8 Å². The average Bonchev–Trinajstić information content (AvgIpc) is 2.93. The molecule has 0 radical (unpaired) electrons. The number of carbonyl (C=O) groups excluding carboxylic acids is 1. The van der Waals surface area contributed by atoms with Crippen molar-refractivity contribution in [2.75, 3.05) is 13.1 Å². The van der Waals surface area contributed by atoms with Gasteiger partial charge >= 0.3 is 6.18 Å². The van der Waals surface area contributed by atoms with Crippen molar-refractivity contribution in [1.82, 2.24) is 9.88 Å². The van der Waals surface area contributed by atoms with E-state index in [0.29, 0.717) is 48.6 Å². The number of hydrogen-bond donors (Lipinski definition) is 1.